The van der Waals surface area contributed by atoms with E-state index in [1.165, 1.54) is 13.3 Å². The van der Waals surface area contributed by atoms with E-state index in [4.69, 9.17) is 4.74 Å². The van der Waals surface area contributed by atoms with Crippen LogP contribution in [0.3, 0.4) is 0 Å². The molecule has 0 amide bonds. The van der Waals surface area contributed by atoms with Crippen LogP contribution in [0.25, 0.3) is 11.1 Å². The lowest BCUT2D eigenvalue weighted by Gasteiger charge is -2.08. The molecule has 3 heteroatoms. The summed E-state index contributed by atoms with van der Waals surface area (Å²) in [5.74, 6) is -0.0192. The third-order valence-electron chi connectivity index (χ3n) is 2.15. The summed E-state index contributed by atoms with van der Waals surface area (Å²) < 4.78 is 18.6. The summed E-state index contributed by atoms with van der Waals surface area (Å²) in [5, 5.41) is 0. The number of benzene rings is 1. The van der Waals surface area contributed by atoms with Gasteiger partial charge >= 0.3 is 0 Å². The van der Waals surface area contributed by atoms with E-state index in [1.807, 2.05) is 30.3 Å². The van der Waals surface area contributed by atoms with Crippen molar-refractivity contribution in [2.24, 2.45) is 0 Å². The smallest absolute Gasteiger partial charge is 0.224 e. The molecule has 0 unspecified atom stereocenters. The first-order chi connectivity index (χ1) is 7.33. The van der Waals surface area contributed by atoms with Gasteiger partial charge in [-0.1, -0.05) is 30.3 Å². The highest BCUT2D eigenvalue weighted by Crippen LogP contribution is 2.30. The highest BCUT2D eigenvalue weighted by molar-refractivity contribution is 5.69. The van der Waals surface area contributed by atoms with Gasteiger partial charge in [0.1, 0.15) is 5.75 Å². The zero-order chi connectivity index (χ0) is 10.7. The molecule has 2 nitrogen and oxygen atoms in total. The lowest BCUT2D eigenvalue weighted by atomic mass is 10.1. The molecule has 0 saturated carbocycles. The standard InChI is InChI=1S/C12H10FNO/c1-15-10-7-8-14-12(13)11(10)9-5-3-2-4-6-9/h2-8H,1H3. The van der Waals surface area contributed by atoms with Crippen molar-refractivity contribution in [3.63, 3.8) is 0 Å². The normalized spacial score (nSPS) is 10.0. The largest absolute Gasteiger partial charge is 0.496 e. The van der Waals surface area contributed by atoms with Crippen LogP contribution in [0.2, 0.25) is 0 Å². The van der Waals surface area contributed by atoms with Crippen LogP contribution < -0.4 is 4.74 Å². The summed E-state index contributed by atoms with van der Waals surface area (Å²) in [6.45, 7) is 0. The molecule has 0 saturated heterocycles. The van der Waals surface area contributed by atoms with Crippen molar-refractivity contribution in [1.29, 1.82) is 0 Å². The van der Waals surface area contributed by atoms with E-state index >= 15 is 0 Å². The first-order valence-corrected chi connectivity index (χ1v) is 4.57. The van der Waals surface area contributed by atoms with Crippen LogP contribution in [0.15, 0.2) is 42.6 Å². The number of aromatic nitrogens is 1. The number of ether oxygens (including phenoxy) is 1. The van der Waals surface area contributed by atoms with Gasteiger partial charge in [0.25, 0.3) is 0 Å². The highest BCUT2D eigenvalue weighted by Gasteiger charge is 2.11. The van der Waals surface area contributed by atoms with Crippen molar-refractivity contribution < 1.29 is 9.13 Å². The molecule has 1 heterocycles. The Labute approximate surface area is 87.4 Å². The number of halogens is 1. The van der Waals surface area contributed by atoms with Gasteiger partial charge in [-0.15, -0.1) is 0 Å². The fourth-order valence-electron chi connectivity index (χ4n) is 1.46. The molecule has 0 atom stereocenters. The number of nitrogens with zero attached hydrogens (tertiary/aromatic N) is 1. The molecule has 0 radical (unpaired) electrons. The van der Waals surface area contributed by atoms with Gasteiger partial charge in [-0.2, -0.15) is 4.39 Å². The minimum absolute atomic E-state index is 0.403. The number of hydrogen-bond donors (Lipinski definition) is 0. The monoisotopic (exact) mass is 203 g/mol. The Kier molecular flexibility index (Phi) is 2.63. The Bertz CT molecular complexity index is 456. The lowest BCUT2D eigenvalue weighted by molar-refractivity contribution is 0.411. The molecule has 0 fully saturated rings. The van der Waals surface area contributed by atoms with E-state index in [2.05, 4.69) is 4.98 Å². The summed E-state index contributed by atoms with van der Waals surface area (Å²) in [4.78, 5) is 3.62. The van der Waals surface area contributed by atoms with E-state index in [-0.39, 0.29) is 0 Å². The van der Waals surface area contributed by atoms with Gasteiger partial charge in [-0.3, -0.25) is 0 Å². The van der Waals surface area contributed by atoms with Crippen molar-refractivity contribution in [2.75, 3.05) is 7.11 Å². The molecule has 0 N–H and O–H groups in total. The molecule has 0 spiro atoms. The lowest BCUT2D eigenvalue weighted by Crippen LogP contribution is -1.93. The maximum atomic E-state index is 13.5. The molecule has 0 aliphatic rings. The number of hydrogen-bond acceptors (Lipinski definition) is 2. The fourth-order valence-corrected chi connectivity index (χ4v) is 1.46. The maximum absolute atomic E-state index is 13.5. The molecule has 0 aliphatic heterocycles. The summed E-state index contributed by atoms with van der Waals surface area (Å²) in [5.41, 5.74) is 1.17. The average molecular weight is 203 g/mol. The first-order valence-electron chi connectivity index (χ1n) is 4.57. The highest BCUT2D eigenvalue weighted by atomic mass is 19.1. The fraction of sp³-hybridized carbons (Fsp3) is 0.0833. The molecule has 1 aromatic carbocycles. The number of pyridine rings is 1. The van der Waals surface area contributed by atoms with E-state index in [0.29, 0.717) is 11.3 Å². The van der Waals surface area contributed by atoms with Crippen molar-refractivity contribution in [2.45, 2.75) is 0 Å². The molecular weight excluding hydrogens is 193 g/mol. The Hall–Kier alpha value is -1.90. The second kappa shape index (κ2) is 4.09. The van der Waals surface area contributed by atoms with Crippen LogP contribution in [-0.2, 0) is 0 Å². The summed E-state index contributed by atoms with van der Waals surface area (Å²) in [7, 11) is 1.52. The van der Waals surface area contributed by atoms with Gasteiger partial charge in [0.2, 0.25) is 5.95 Å². The van der Waals surface area contributed by atoms with Crippen LogP contribution >= 0.6 is 0 Å². The Balaban J connectivity index is 2.61. The predicted molar refractivity (Wildman–Crippen MR) is 56.2 cm³/mol. The van der Waals surface area contributed by atoms with Crippen molar-refractivity contribution in [3.05, 3.63) is 48.5 Å². The van der Waals surface area contributed by atoms with Crippen LogP contribution in [0.1, 0.15) is 0 Å². The second-order valence-corrected chi connectivity index (χ2v) is 3.05. The minimum atomic E-state index is -0.513. The maximum Gasteiger partial charge on any atom is 0.224 e. The van der Waals surface area contributed by atoms with Crippen molar-refractivity contribution in [1.82, 2.24) is 4.98 Å². The molecule has 1 aromatic heterocycles. The van der Waals surface area contributed by atoms with Crippen molar-refractivity contribution >= 4 is 0 Å². The van der Waals surface area contributed by atoms with E-state index in [9.17, 15) is 4.39 Å². The molecule has 15 heavy (non-hydrogen) atoms. The van der Waals surface area contributed by atoms with Gasteiger partial charge in [-0.25, -0.2) is 4.98 Å². The topological polar surface area (TPSA) is 22.1 Å². The van der Waals surface area contributed by atoms with Crippen LogP contribution in [0.5, 0.6) is 5.75 Å². The van der Waals surface area contributed by atoms with Crippen LogP contribution in [-0.4, -0.2) is 12.1 Å². The molecular formula is C12H10FNO. The van der Waals surface area contributed by atoms with E-state index < -0.39 is 5.95 Å². The Morgan fingerprint density at radius 3 is 2.53 bits per heavy atom. The zero-order valence-electron chi connectivity index (χ0n) is 8.27. The second-order valence-electron chi connectivity index (χ2n) is 3.05. The van der Waals surface area contributed by atoms with Gasteiger partial charge in [-0.05, 0) is 11.6 Å². The third kappa shape index (κ3) is 1.81. The first kappa shape index (κ1) is 9.65. The van der Waals surface area contributed by atoms with Gasteiger partial charge < -0.3 is 4.74 Å². The SMILES string of the molecule is COc1ccnc(F)c1-c1ccccc1. The van der Waals surface area contributed by atoms with E-state index in [1.54, 1.807) is 6.07 Å². The molecule has 0 aliphatic carbocycles. The summed E-state index contributed by atoms with van der Waals surface area (Å²) in [6, 6.07) is 10.9. The van der Waals surface area contributed by atoms with Crippen LogP contribution in [0.4, 0.5) is 4.39 Å². The molecule has 2 rings (SSSR count). The van der Waals surface area contributed by atoms with Gasteiger partial charge in [0, 0.05) is 6.20 Å². The number of rotatable bonds is 2. The predicted octanol–water partition coefficient (Wildman–Crippen LogP) is 2.90. The van der Waals surface area contributed by atoms with E-state index in [0.717, 1.165) is 5.56 Å². The molecule has 2 aromatic rings. The Morgan fingerprint density at radius 2 is 1.87 bits per heavy atom. The molecule has 76 valence electrons. The van der Waals surface area contributed by atoms with Crippen molar-refractivity contribution in [3.8, 4) is 16.9 Å². The Morgan fingerprint density at radius 1 is 1.13 bits per heavy atom. The minimum Gasteiger partial charge on any atom is -0.496 e. The average Bonchev–Trinajstić information content (AvgIpc) is 2.29. The van der Waals surface area contributed by atoms with Gasteiger partial charge in [0.15, 0.2) is 0 Å². The quantitative estimate of drug-likeness (QED) is 0.700. The number of methoxy groups -OCH3 is 1. The third-order valence-corrected chi connectivity index (χ3v) is 2.15. The summed E-state index contributed by atoms with van der Waals surface area (Å²) in [6.07, 6.45) is 1.39. The zero-order valence-corrected chi connectivity index (χ0v) is 8.27. The summed E-state index contributed by atoms with van der Waals surface area (Å²) >= 11 is 0. The van der Waals surface area contributed by atoms with Crippen LogP contribution in [0, 0.1) is 5.95 Å². The van der Waals surface area contributed by atoms with Gasteiger partial charge in [0.05, 0.1) is 12.7 Å². The molecule has 0 bridgehead atoms.